The van der Waals surface area contributed by atoms with Crippen molar-refractivity contribution in [3.63, 3.8) is 0 Å². The van der Waals surface area contributed by atoms with Crippen LogP contribution in [0.1, 0.15) is 12.0 Å². The second kappa shape index (κ2) is 7.08. The first-order valence-electron chi connectivity index (χ1n) is 5.96. The SMILES string of the molecule is Cc1cn([C@@]2(O)C[C@H](OCP(=O)(O)O)CO2)c(=O)[nH]c1=O.[NaH]. The summed E-state index contributed by atoms with van der Waals surface area (Å²) in [7, 11) is -4.33. The fourth-order valence-corrected chi connectivity index (χ4v) is 2.35. The van der Waals surface area contributed by atoms with E-state index < -0.39 is 37.2 Å². The summed E-state index contributed by atoms with van der Waals surface area (Å²) < 4.78 is 21.6. The topological polar surface area (TPSA) is 151 Å². The van der Waals surface area contributed by atoms with Gasteiger partial charge in [0.05, 0.1) is 19.1 Å². The summed E-state index contributed by atoms with van der Waals surface area (Å²) in [4.78, 5) is 42.5. The molecule has 2 rings (SSSR count). The Kier molecular flexibility index (Phi) is 6.36. The molecule has 2 atom stereocenters. The van der Waals surface area contributed by atoms with Crippen molar-refractivity contribution >= 4 is 37.2 Å². The summed E-state index contributed by atoms with van der Waals surface area (Å²) in [5.41, 5.74) is -1.23. The molecular weight excluding hydrogens is 330 g/mol. The Morgan fingerprint density at radius 2 is 2.18 bits per heavy atom. The van der Waals surface area contributed by atoms with Crippen LogP contribution in [-0.4, -0.2) is 73.1 Å². The van der Waals surface area contributed by atoms with E-state index in [1.54, 1.807) is 0 Å². The third-order valence-electron chi connectivity index (χ3n) is 2.97. The van der Waals surface area contributed by atoms with Gasteiger partial charge in [0.1, 0.15) is 6.35 Å². The Labute approximate surface area is 146 Å². The minimum atomic E-state index is -4.33. The van der Waals surface area contributed by atoms with Crippen molar-refractivity contribution in [1.82, 2.24) is 9.55 Å². The van der Waals surface area contributed by atoms with Crippen molar-refractivity contribution < 1.29 is 28.9 Å². The first kappa shape index (κ1) is 19.8. The fourth-order valence-electron chi connectivity index (χ4n) is 1.94. The molecule has 1 aliphatic rings. The number of hydrogen-bond acceptors (Lipinski definition) is 6. The number of aromatic amines is 1. The number of aryl methyl sites for hydroxylation is 1. The zero-order chi connectivity index (χ0) is 15.8. The van der Waals surface area contributed by atoms with E-state index in [2.05, 4.69) is 0 Å². The number of H-pyrrole nitrogens is 1. The molecule has 0 saturated carbocycles. The van der Waals surface area contributed by atoms with Gasteiger partial charge >= 0.3 is 42.8 Å². The van der Waals surface area contributed by atoms with E-state index in [1.807, 2.05) is 4.98 Å². The van der Waals surface area contributed by atoms with Gasteiger partial charge in [-0.1, -0.05) is 0 Å². The molecule has 1 aromatic rings. The standard InChI is InChI=1S/C10H15N2O8P.Na.H/c1-6-3-12(9(14)11-8(6)13)10(15)2-7(4-20-10)19-5-21(16,17)18;;/h3,7,15H,2,4-5H2,1H3,(H,11,13,14)(H2,16,17,18);;/t7-,10+;;/m0../s1. The molecule has 1 saturated heterocycles. The van der Waals surface area contributed by atoms with Crippen molar-refractivity contribution in [1.29, 1.82) is 0 Å². The normalized spacial score (nSPS) is 25.0. The van der Waals surface area contributed by atoms with E-state index in [9.17, 15) is 19.3 Å². The fraction of sp³-hybridized carbons (Fsp3) is 0.600. The molecule has 12 heteroatoms. The number of hydrogen-bond donors (Lipinski definition) is 4. The van der Waals surface area contributed by atoms with Crippen molar-refractivity contribution in [3.8, 4) is 0 Å². The van der Waals surface area contributed by atoms with Gasteiger partial charge in [-0.25, -0.2) is 9.36 Å². The van der Waals surface area contributed by atoms with Crippen LogP contribution in [-0.2, 0) is 19.9 Å². The molecule has 0 amide bonds. The second-order valence-corrected chi connectivity index (χ2v) is 6.37. The van der Waals surface area contributed by atoms with Crippen LogP contribution < -0.4 is 11.2 Å². The first-order chi connectivity index (χ1) is 9.61. The van der Waals surface area contributed by atoms with E-state index in [1.165, 1.54) is 6.92 Å². The number of nitrogens with zero attached hydrogens (tertiary/aromatic N) is 1. The Balaban J connectivity index is 0.00000242. The van der Waals surface area contributed by atoms with Gasteiger partial charge in [-0.05, 0) is 6.92 Å². The predicted octanol–water partition coefficient (Wildman–Crippen LogP) is -2.26. The van der Waals surface area contributed by atoms with Crippen molar-refractivity contribution in [3.05, 3.63) is 32.6 Å². The van der Waals surface area contributed by atoms with Crippen LogP contribution in [0.3, 0.4) is 0 Å². The molecule has 120 valence electrons. The van der Waals surface area contributed by atoms with Crippen LogP contribution in [0.4, 0.5) is 0 Å². The molecule has 1 fully saturated rings. The summed E-state index contributed by atoms with van der Waals surface area (Å²) in [6, 6.07) is 0. The maximum atomic E-state index is 11.7. The average molecular weight is 346 g/mol. The van der Waals surface area contributed by atoms with Gasteiger partial charge in [0.25, 0.3) is 11.5 Å². The molecule has 0 aliphatic carbocycles. The molecule has 4 N–H and O–H groups in total. The zero-order valence-corrected chi connectivity index (χ0v) is 11.9. The van der Waals surface area contributed by atoms with E-state index in [-0.39, 0.29) is 48.1 Å². The van der Waals surface area contributed by atoms with E-state index in [4.69, 9.17) is 19.3 Å². The van der Waals surface area contributed by atoms with Crippen LogP contribution in [0.5, 0.6) is 0 Å². The molecule has 0 radical (unpaired) electrons. The molecular formula is C10H16N2NaO8P. The van der Waals surface area contributed by atoms with Crippen LogP contribution >= 0.6 is 7.60 Å². The summed E-state index contributed by atoms with van der Waals surface area (Å²) in [5.74, 6) is -2.04. The van der Waals surface area contributed by atoms with Gasteiger partial charge in [-0.3, -0.25) is 14.3 Å². The summed E-state index contributed by atoms with van der Waals surface area (Å²) >= 11 is 0. The van der Waals surface area contributed by atoms with E-state index in [0.717, 1.165) is 10.8 Å². The molecule has 0 aromatic carbocycles. The monoisotopic (exact) mass is 346 g/mol. The first-order valence-corrected chi connectivity index (χ1v) is 7.76. The molecule has 10 nitrogen and oxygen atoms in total. The van der Waals surface area contributed by atoms with Gasteiger partial charge in [-0.15, -0.1) is 0 Å². The Morgan fingerprint density at radius 1 is 1.55 bits per heavy atom. The van der Waals surface area contributed by atoms with Gasteiger partial charge in [-0.2, -0.15) is 0 Å². The summed E-state index contributed by atoms with van der Waals surface area (Å²) in [6.07, 6.45) is -0.663. The van der Waals surface area contributed by atoms with Crippen molar-refractivity contribution in [2.24, 2.45) is 0 Å². The third-order valence-corrected chi connectivity index (χ3v) is 3.45. The number of aromatic nitrogens is 2. The molecule has 0 unspecified atom stereocenters. The van der Waals surface area contributed by atoms with Gasteiger partial charge < -0.3 is 24.4 Å². The number of ether oxygens (including phenoxy) is 2. The number of rotatable bonds is 4. The molecule has 1 aliphatic heterocycles. The molecule has 0 spiro atoms. The maximum absolute atomic E-state index is 11.7. The van der Waals surface area contributed by atoms with Gasteiger partial charge in [0.2, 0.25) is 0 Å². The number of aliphatic hydroxyl groups is 1. The third kappa shape index (κ3) is 4.60. The molecule has 22 heavy (non-hydrogen) atoms. The zero-order valence-electron chi connectivity index (χ0n) is 11.1. The van der Waals surface area contributed by atoms with Crippen LogP contribution in [0.2, 0.25) is 0 Å². The number of nitrogens with one attached hydrogen (secondary N) is 1. The Morgan fingerprint density at radius 3 is 2.77 bits per heavy atom. The quantitative estimate of drug-likeness (QED) is 0.352. The average Bonchev–Trinajstić information content (AvgIpc) is 2.73. The summed E-state index contributed by atoms with van der Waals surface area (Å²) in [6.45, 7) is 1.30. The second-order valence-electron chi connectivity index (χ2n) is 4.78. The van der Waals surface area contributed by atoms with Crippen LogP contribution in [0, 0.1) is 6.92 Å². The van der Waals surface area contributed by atoms with Crippen LogP contribution in [0.15, 0.2) is 15.8 Å². The van der Waals surface area contributed by atoms with Gasteiger partial charge in [0.15, 0.2) is 0 Å². The summed E-state index contributed by atoms with van der Waals surface area (Å²) in [5, 5.41) is 10.3. The molecule has 1 aromatic heterocycles. The predicted molar refractivity (Wildman–Crippen MR) is 75.8 cm³/mol. The Hall–Kier alpha value is -0.290. The van der Waals surface area contributed by atoms with E-state index in [0.29, 0.717) is 0 Å². The Bertz CT molecular complexity index is 697. The molecule has 0 bridgehead atoms. The van der Waals surface area contributed by atoms with E-state index >= 15 is 0 Å². The van der Waals surface area contributed by atoms with Gasteiger partial charge in [0, 0.05) is 11.8 Å². The molecule has 2 heterocycles. The van der Waals surface area contributed by atoms with Crippen molar-refractivity contribution in [2.75, 3.05) is 13.0 Å². The van der Waals surface area contributed by atoms with Crippen molar-refractivity contribution in [2.45, 2.75) is 25.4 Å². The van der Waals surface area contributed by atoms with Crippen LogP contribution in [0.25, 0.3) is 0 Å². The minimum absolute atomic E-state index is 0.